The first-order valence-corrected chi connectivity index (χ1v) is 8.44. The van der Waals surface area contributed by atoms with Crippen molar-refractivity contribution in [1.29, 1.82) is 0 Å². The summed E-state index contributed by atoms with van der Waals surface area (Å²) in [6.07, 6.45) is 1.21. The van der Waals surface area contributed by atoms with Gasteiger partial charge in [-0.2, -0.15) is 10.1 Å². The van der Waals surface area contributed by atoms with Crippen molar-refractivity contribution in [3.05, 3.63) is 28.1 Å². The highest BCUT2D eigenvalue weighted by Gasteiger charge is 2.28. The number of anilines is 2. The van der Waals surface area contributed by atoms with E-state index in [0.717, 1.165) is 24.5 Å². The van der Waals surface area contributed by atoms with Gasteiger partial charge in [-0.05, 0) is 6.42 Å². The van der Waals surface area contributed by atoms with Crippen LogP contribution in [0.1, 0.15) is 23.9 Å². The van der Waals surface area contributed by atoms with E-state index in [1.807, 2.05) is 11.0 Å². The number of aromatic amines is 2. The highest BCUT2D eigenvalue weighted by Crippen LogP contribution is 2.28. The molecule has 1 atom stereocenters. The second kappa shape index (κ2) is 6.81. The Hall–Kier alpha value is -2.46. The largest absolute Gasteiger partial charge is 0.389 e. The molecule has 2 aromatic heterocycles. The molecular weight excluding hydrogens is 326 g/mol. The number of H-pyrrole nitrogens is 2. The second-order valence-corrected chi connectivity index (χ2v) is 6.40. The summed E-state index contributed by atoms with van der Waals surface area (Å²) in [7, 11) is 0. The third-order valence-electron chi connectivity index (χ3n) is 4.45. The van der Waals surface area contributed by atoms with Gasteiger partial charge in [0.25, 0.3) is 0 Å². The third-order valence-corrected chi connectivity index (χ3v) is 4.45. The fourth-order valence-electron chi connectivity index (χ4n) is 3.01. The summed E-state index contributed by atoms with van der Waals surface area (Å²) in [5.74, 6) is 2.23. The van der Waals surface area contributed by atoms with Crippen LogP contribution in [-0.2, 0) is 11.2 Å². The first-order valence-electron chi connectivity index (χ1n) is 8.44. The first kappa shape index (κ1) is 16.0. The van der Waals surface area contributed by atoms with Gasteiger partial charge >= 0.3 is 5.69 Å². The minimum Gasteiger partial charge on any atom is -0.389 e. The molecule has 0 unspecified atom stereocenters. The van der Waals surface area contributed by atoms with Crippen molar-refractivity contribution in [2.75, 3.05) is 43.1 Å². The first-order chi connectivity index (χ1) is 12.2. The quantitative estimate of drug-likeness (QED) is 0.535. The number of aromatic nitrogens is 5. The average Bonchev–Trinajstić information content (AvgIpc) is 3.23. The second-order valence-electron chi connectivity index (χ2n) is 6.40. The van der Waals surface area contributed by atoms with E-state index >= 15 is 0 Å². The van der Waals surface area contributed by atoms with Gasteiger partial charge in [-0.25, -0.2) is 14.9 Å². The SMILES string of the molecule is O=c1[nH]nc(CCNc2cc([C@@H]3CCOC3)nc(N3CC(O)C3)n2)[nH]1. The van der Waals surface area contributed by atoms with Gasteiger partial charge < -0.3 is 20.1 Å². The van der Waals surface area contributed by atoms with Gasteiger partial charge in [0.2, 0.25) is 5.95 Å². The topological polar surface area (TPSA) is 132 Å². The van der Waals surface area contributed by atoms with Crippen LogP contribution in [0.3, 0.4) is 0 Å². The van der Waals surface area contributed by atoms with E-state index in [-0.39, 0.29) is 17.7 Å². The summed E-state index contributed by atoms with van der Waals surface area (Å²) in [5, 5.41) is 19.0. The Bertz CT molecular complexity index is 777. The minimum absolute atomic E-state index is 0.274. The maximum absolute atomic E-state index is 11.0. The van der Waals surface area contributed by atoms with Crippen LogP contribution in [0.25, 0.3) is 0 Å². The van der Waals surface area contributed by atoms with E-state index in [1.54, 1.807) is 0 Å². The number of aliphatic hydroxyl groups excluding tert-OH is 1. The van der Waals surface area contributed by atoms with Crippen molar-refractivity contribution in [3.8, 4) is 0 Å². The molecule has 2 saturated heterocycles. The van der Waals surface area contributed by atoms with Gasteiger partial charge in [0.05, 0.1) is 18.4 Å². The molecular formula is C15H21N7O3. The number of hydrogen-bond acceptors (Lipinski definition) is 8. The number of rotatable bonds is 6. The highest BCUT2D eigenvalue weighted by molar-refractivity contribution is 5.46. The van der Waals surface area contributed by atoms with Crippen molar-refractivity contribution in [2.24, 2.45) is 0 Å². The normalized spacial score (nSPS) is 20.7. The number of nitrogens with one attached hydrogen (secondary N) is 3. The maximum Gasteiger partial charge on any atom is 0.340 e. The molecule has 4 N–H and O–H groups in total. The molecule has 0 aromatic carbocycles. The Labute approximate surface area is 143 Å². The van der Waals surface area contributed by atoms with Gasteiger partial charge in [-0.1, -0.05) is 0 Å². The number of ether oxygens (including phenoxy) is 1. The van der Waals surface area contributed by atoms with Crippen LogP contribution >= 0.6 is 0 Å². The maximum atomic E-state index is 11.0. The molecule has 2 fully saturated rings. The molecule has 0 radical (unpaired) electrons. The summed E-state index contributed by atoms with van der Waals surface area (Å²) in [6.45, 7) is 3.12. The Morgan fingerprint density at radius 1 is 1.40 bits per heavy atom. The smallest absolute Gasteiger partial charge is 0.340 e. The summed E-state index contributed by atoms with van der Waals surface area (Å²) in [5.41, 5.74) is 0.652. The molecule has 134 valence electrons. The number of nitrogens with zero attached hydrogens (tertiary/aromatic N) is 4. The highest BCUT2D eigenvalue weighted by atomic mass is 16.5. The molecule has 0 bridgehead atoms. The van der Waals surface area contributed by atoms with Crippen LogP contribution in [-0.4, -0.2) is 69.2 Å². The van der Waals surface area contributed by atoms with Crippen LogP contribution in [0.4, 0.5) is 11.8 Å². The molecule has 2 aliphatic rings. The zero-order chi connectivity index (χ0) is 17.2. The molecule has 4 heterocycles. The summed E-state index contributed by atoms with van der Waals surface area (Å²) >= 11 is 0. The van der Waals surface area contributed by atoms with E-state index in [2.05, 4.69) is 30.5 Å². The van der Waals surface area contributed by atoms with Crippen molar-refractivity contribution >= 4 is 11.8 Å². The fourth-order valence-corrected chi connectivity index (χ4v) is 3.01. The Balaban J connectivity index is 1.47. The monoisotopic (exact) mass is 347 g/mol. The van der Waals surface area contributed by atoms with Crippen molar-refractivity contribution in [3.63, 3.8) is 0 Å². The lowest BCUT2D eigenvalue weighted by Gasteiger charge is -2.36. The fraction of sp³-hybridized carbons (Fsp3) is 0.600. The molecule has 0 aliphatic carbocycles. The molecule has 10 heteroatoms. The Morgan fingerprint density at radius 2 is 2.28 bits per heavy atom. The lowest BCUT2D eigenvalue weighted by atomic mass is 10.0. The Morgan fingerprint density at radius 3 is 2.96 bits per heavy atom. The van der Waals surface area contributed by atoms with Crippen LogP contribution < -0.4 is 15.9 Å². The zero-order valence-corrected chi connectivity index (χ0v) is 13.7. The molecule has 2 aliphatic heterocycles. The lowest BCUT2D eigenvalue weighted by Crippen LogP contribution is -2.51. The number of β-amino-alcohol motifs (C(OH)–C–C–N with tert-alkyl or cyclic N) is 1. The van der Waals surface area contributed by atoms with E-state index in [9.17, 15) is 9.90 Å². The van der Waals surface area contributed by atoms with E-state index < -0.39 is 0 Å². The molecule has 10 nitrogen and oxygen atoms in total. The molecule has 25 heavy (non-hydrogen) atoms. The van der Waals surface area contributed by atoms with Crippen LogP contribution in [0, 0.1) is 0 Å². The molecule has 4 rings (SSSR count). The van der Waals surface area contributed by atoms with E-state index in [0.29, 0.717) is 44.4 Å². The molecule has 0 saturated carbocycles. The van der Waals surface area contributed by atoms with Gasteiger partial charge in [-0.3, -0.25) is 4.98 Å². The van der Waals surface area contributed by atoms with Crippen LogP contribution in [0.2, 0.25) is 0 Å². The zero-order valence-electron chi connectivity index (χ0n) is 13.7. The summed E-state index contributed by atoms with van der Waals surface area (Å²) in [6, 6.07) is 1.95. The standard InChI is InChI=1S/C15H21N7O3/c23-10-6-22(7-10)14-17-11(9-2-4-25-8-9)5-13(18-14)16-3-1-12-19-15(24)21-20-12/h5,9-10,23H,1-4,6-8H2,(H,16,17,18)(H2,19,20,21,24)/t9-/m1/s1. The van der Waals surface area contributed by atoms with Gasteiger partial charge in [0.1, 0.15) is 11.6 Å². The number of hydrogen-bond donors (Lipinski definition) is 4. The summed E-state index contributed by atoms with van der Waals surface area (Å²) in [4.78, 5) is 24.8. The molecule has 0 spiro atoms. The van der Waals surface area contributed by atoms with Crippen molar-refractivity contribution in [1.82, 2.24) is 25.1 Å². The average molecular weight is 347 g/mol. The molecule has 2 aromatic rings. The summed E-state index contributed by atoms with van der Waals surface area (Å²) < 4.78 is 5.47. The van der Waals surface area contributed by atoms with Gasteiger partial charge in [-0.15, -0.1) is 0 Å². The lowest BCUT2D eigenvalue weighted by molar-refractivity contribution is 0.140. The van der Waals surface area contributed by atoms with Gasteiger partial charge in [0.15, 0.2) is 0 Å². The van der Waals surface area contributed by atoms with Crippen molar-refractivity contribution < 1.29 is 9.84 Å². The third kappa shape index (κ3) is 3.64. The predicted molar refractivity (Wildman–Crippen MR) is 89.8 cm³/mol. The van der Waals surface area contributed by atoms with E-state index in [4.69, 9.17) is 4.74 Å². The molecule has 0 amide bonds. The van der Waals surface area contributed by atoms with Crippen LogP contribution in [0.5, 0.6) is 0 Å². The minimum atomic E-state index is -0.310. The Kier molecular flexibility index (Phi) is 4.36. The van der Waals surface area contributed by atoms with Gasteiger partial charge in [0, 0.05) is 44.6 Å². The predicted octanol–water partition coefficient (Wildman–Crippen LogP) is -0.773. The van der Waals surface area contributed by atoms with E-state index in [1.165, 1.54) is 0 Å². The number of aliphatic hydroxyl groups is 1. The van der Waals surface area contributed by atoms with Crippen molar-refractivity contribution in [2.45, 2.75) is 24.9 Å². The van der Waals surface area contributed by atoms with Crippen LogP contribution in [0.15, 0.2) is 10.9 Å².